The van der Waals surface area contributed by atoms with Crippen LogP contribution in [0.1, 0.15) is 6.42 Å². The van der Waals surface area contributed by atoms with Crippen molar-refractivity contribution in [2.24, 2.45) is 0 Å². The number of aliphatic carboxylic acids is 2. The summed E-state index contributed by atoms with van der Waals surface area (Å²) >= 11 is 0. The summed E-state index contributed by atoms with van der Waals surface area (Å²) < 4.78 is 5.20. The lowest BCUT2D eigenvalue weighted by molar-refractivity contribution is -0.134. The maximum atomic E-state index is 9.55. The van der Waals surface area contributed by atoms with E-state index in [2.05, 4.69) is 27.9 Å². The number of methoxy groups -OCH3 is 1. The molecule has 1 fully saturated rings. The van der Waals surface area contributed by atoms with E-state index in [-0.39, 0.29) is 0 Å². The second-order valence-electron chi connectivity index (χ2n) is 5.24. The maximum absolute atomic E-state index is 9.55. The monoisotopic (exact) mass is 337 g/mol. The van der Waals surface area contributed by atoms with E-state index in [1.807, 2.05) is 6.20 Å². The molecule has 2 heterocycles. The van der Waals surface area contributed by atoms with E-state index in [1.54, 1.807) is 13.3 Å². The van der Waals surface area contributed by atoms with Gasteiger partial charge in [-0.1, -0.05) is 0 Å². The van der Waals surface area contributed by atoms with Crippen LogP contribution in [0.4, 0.5) is 5.69 Å². The second-order valence-corrected chi connectivity index (χ2v) is 5.24. The third-order valence-corrected chi connectivity index (χ3v) is 3.39. The second kappa shape index (κ2) is 10.2. The van der Waals surface area contributed by atoms with Crippen LogP contribution in [0, 0.1) is 0 Å². The van der Waals surface area contributed by atoms with Crippen LogP contribution >= 0.6 is 0 Å². The Hall–Kier alpha value is -2.61. The van der Waals surface area contributed by atoms with Crippen molar-refractivity contribution in [2.75, 3.05) is 45.2 Å². The minimum atomic E-state index is -1.26. The van der Waals surface area contributed by atoms with Gasteiger partial charge in [0.2, 0.25) is 0 Å². The Morgan fingerprint density at radius 1 is 1.12 bits per heavy atom. The van der Waals surface area contributed by atoms with Crippen LogP contribution in [-0.2, 0) is 9.59 Å². The number of hydrogen-bond acceptors (Lipinski definition) is 6. The van der Waals surface area contributed by atoms with Gasteiger partial charge in [-0.3, -0.25) is 4.98 Å². The van der Waals surface area contributed by atoms with Crippen LogP contribution in [0.25, 0.3) is 0 Å². The lowest BCUT2D eigenvalue weighted by Crippen LogP contribution is -2.28. The molecule has 0 bridgehead atoms. The maximum Gasteiger partial charge on any atom is 0.328 e. The number of pyridine rings is 1. The molecule has 0 amide bonds. The van der Waals surface area contributed by atoms with Crippen LogP contribution in [0.5, 0.6) is 5.75 Å². The van der Waals surface area contributed by atoms with Gasteiger partial charge in [-0.2, -0.15) is 0 Å². The number of nitrogens with zero attached hydrogens (tertiary/aromatic N) is 3. The van der Waals surface area contributed by atoms with Gasteiger partial charge in [0.15, 0.2) is 0 Å². The lowest BCUT2D eigenvalue weighted by atomic mass is 10.3. The zero-order chi connectivity index (χ0) is 17.9. The van der Waals surface area contributed by atoms with E-state index in [1.165, 1.54) is 13.0 Å². The summed E-state index contributed by atoms with van der Waals surface area (Å²) in [6.45, 7) is 4.44. The van der Waals surface area contributed by atoms with E-state index in [9.17, 15) is 9.59 Å². The zero-order valence-electron chi connectivity index (χ0n) is 13.9. The quantitative estimate of drug-likeness (QED) is 0.783. The minimum Gasteiger partial charge on any atom is -0.495 e. The average Bonchev–Trinajstić information content (AvgIpc) is 2.78. The van der Waals surface area contributed by atoms with Crippen molar-refractivity contribution in [3.63, 3.8) is 0 Å². The molecule has 0 atom stereocenters. The van der Waals surface area contributed by atoms with Gasteiger partial charge < -0.3 is 24.7 Å². The molecule has 2 rings (SSSR count). The molecule has 0 saturated carbocycles. The minimum absolute atomic E-state index is 0.558. The highest BCUT2D eigenvalue weighted by Crippen LogP contribution is 2.20. The molecule has 8 heteroatoms. The highest BCUT2D eigenvalue weighted by Gasteiger charge is 2.13. The summed E-state index contributed by atoms with van der Waals surface area (Å²) in [4.78, 5) is 28.0. The summed E-state index contributed by atoms with van der Waals surface area (Å²) in [7, 11) is 3.85. The van der Waals surface area contributed by atoms with Gasteiger partial charge in [0.1, 0.15) is 5.75 Å². The molecule has 1 aromatic rings. The summed E-state index contributed by atoms with van der Waals surface area (Å²) in [5, 5.41) is 15.6. The van der Waals surface area contributed by atoms with E-state index < -0.39 is 11.9 Å². The van der Waals surface area contributed by atoms with E-state index in [4.69, 9.17) is 14.9 Å². The number of aromatic nitrogens is 1. The van der Waals surface area contributed by atoms with E-state index in [0.29, 0.717) is 12.2 Å². The van der Waals surface area contributed by atoms with Gasteiger partial charge in [-0.25, -0.2) is 9.59 Å². The van der Waals surface area contributed by atoms with Crippen molar-refractivity contribution in [1.82, 2.24) is 9.88 Å². The fourth-order valence-electron chi connectivity index (χ4n) is 2.14. The Morgan fingerprint density at radius 2 is 1.79 bits per heavy atom. The first-order valence-electron chi connectivity index (χ1n) is 7.49. The number of rotatable bonds is 4. The third-order valence-electron chi connectivity index (χ3n) is 3.39. The third kappa shape index (κ3) is 7.59. The Labute approximate surface area is 141 Å². The standard InChI is InChI=1S/C12H19N3O.C4H4O4/c1-14-4-3-5-15(7-6-14)11-8-12(16-2)10-13-9-11;5-3(6)1-2-4(7)8/h8-10H,3-7H2,1-2H3;1-2H,(H,5,6)(H,7,8)/b;2-1+. The number of anilines is 1. The SMILES string of the molecule is COc1cncc(N2CCCN(C)CC2)c1.O=C(O)/C=C/C(=O)O. The molecule has 132 valence electrons. The highest BCUT2D eigenvalue weighted by atomic mass is 16.5. The van der Waals surface area contributed by atoms with Crippen LogP contribution in [0.15, 0.2) is 30.6 Å². The lowest BCUT2D eigenvalue weighted by Gasteiger charge is -2.22. The molecule has 0 unspecified atom stereocenters. The van der Waals surface area contributed by atoms with Gasteiger partial charge in [-0.15, -0.1) is 0 Å². The molecule has 8 nitrogen and oxygen atoms in total. The van der Waals surface area contributed by atoms with Crippen LogP contribution in [-0.4, -0.2) is 72.4 Å². The summed E-state index contributed by atoms with van der Waals surface area (Å²) in [6.07, 6.45) is 5.97. The molecule has 2 N–H and O–H groups in total. The molecular weight excluding hydrogens is 314 g/mol. The molecule has 1 aliphatic rings. The molecule has 1 aromatic heterocycles. The van der Waals surface area contributed by atoms with Crippen LogP contribution < -0.4 is 9.64 Å². The van der Waals surface area contributed by atoms with Crippen molar-refractivity contribution in [2.45, 2.75) is 6.42 Å². The Bertz CT molecular complexity index is 561. The Morgan fingerprint density at radius 3 is 2.38 bits per heavy atom. The van der Waals surface area contributed by atoms with Gasteiger partial charge in [-0.05, 0) is 20.0 Å². The largest absolute Gasteiger partial charge is 0.495 e. The van der Waals surface area contributed by atoms with Crippen LogP contribution in [0.3, 0.4) is 0 Å². The van der Waals surface area contributed by atoms with E-state index in [0.717, 1.165) is 31.1 Å². The van der Waals surface area contributed by atoms with Gasteiger partial charge in [0.25, 0.3) is 0 Å². The summed E-state index contributed by atoms with van der Waals surface area (Å²) in [5.41, 5.74) is 1.16. The first kappa shape index (κ1) is 19.4. The smallest absolute Gasteiger partial charge is 0.328 e. The van der Waals surface area contributed by atoms with E-state index >= 15 is 0 Å². The predicted molar refractivity (Wildman–Crippen MR) is 89.5 cm³/mol. The molecule has 0 radical (unpaired) electrons. The first-order valence-corrected chi connectivity index (χ1v) is 7.49. The summed E-state index contributed by atoms with van der Waals surface area (Å²) in [6, 6.07) is 2.05. The fraction of sp³-hybridized carbons (Fsp3) is 0.438. The molecule has 1 saturated heterocycles. The highest BCUT2D eigenvalue weighted by molar-refractivity contribution is 5.89. The number of carbonyl (C=O) groups is 2. The molecule has 24 heavy (non-hydrogen) atoms. The normalized spacial score (nSPS) is 15.3. The number of carboxylic acids is 2. The van der Waals surface area contributed by atoms with Gasteiger partial charge >= 0.3 is 11.9 Å². The van der Waals surface area contributed by atoms with Crippen molar-refractivity contribution in [3.8, 4) is 5.75 Å². The number of ether oxygens (including phenoxy) is 1. The predicted octanol–water partition coefficient (Wildman–Crippen LogP) is 0.944. The van der Waals surface area contributed by atoms with Gasteiger partial charge in [0.05, 0.1) is 25.2 Å². The average molecular weight is 337 g/mol. The Kier molecular flexibility index (Phi) is 8.28. The number of hydrogen-bond donors (Lipinski definition) is 2. The van der Waals surface area contributed by atoms with Crippen LogP contribution in [0.2, 0.25) is 0 Å². The molecule has 0 spiro atoms. The molecule has 0 aromatic carbocycles. The number of likely N-dealkylation sites (N-methyl/N-ethyl adjacent to an activating group) is 1. The number of carboxylic acid groups (broad SMARTS) is 2. The van der Waals surface area contributed by atoms with Crippen molar-refractivity contribution in [1.29, 1.82) is 0 Å². The van der Waals surface area contributed by atoms with Crippen molar-refractivity contribution >= 4 is 17.6 Å². The zero-order valence-corrected chi connectivity index (χ0v) is 13.9. The summed E-state index contributed by atoms with van der Waals surface area (Å²) in [5.74, 6) is -1.69. The van der Waals surface area contributed by atoms with Crippen molar-refractivity contribution in [3.05, 3.63) is 30.6 Å². The first-order chi connectivity index (χ1) is 11.4. The van der Waals surface area contributed by atoms with Gasteiger partial charge in [0, 0.05) is 37.9 Å². The fourth-order valence-corrected chi connectivity index (χ4v) is 2.14. The topological polar surface area (TPSA) is 103 Å². The molecular formula is C16H23N3O5. The Balaban J connectivity index is 0.000000307. The molecule has 1 aliphatic heterocycles. The molecule has 0 aliphatic carbocycles. The van der Waals surface area contributed by atoms with Crippen molar-refractivity contribution < 1.29 is 24.5 Å².